The number of nitrogens with one attached hydrogen (secondary N) is 2. The van der Waals surface area contributed by atoms with Gasteiger partial charge in [0, 0.05) is 19.6 Å². The van der Waals surface area contributed by atoms with Gasteiger partial charge in [0.25, 0.3) is 5.88 Å². The lowest BCUT2D eigenvalue weighted by Crippen LogP contribution is -2.29. The van der Waals surface area contributed by atoms with E-state index in [1.807, 2.05) is 0 Å². The van der Waals surface area contributed by atoms with Gasteiger partial charge < -0.3 is 20.5 Å². The summed E-state index contributed by atoms with van der Waals surface area (Å²) in [5, 5.41) is 25.8. The number of aliphatic hydroxyl groups is 1. The van der Waals surface area contributed by atoms with Gasteiger partial charge in [-0.25, -0.2) is 4.98 Å². The van der Waals surface area contributed by atoms with Crippen molar-refractivity contribution in [3.05, 3.63) is 16.4 Å². The first-order chi connectivity index (χ1) is 9.06. The number of nitro groups is 1. The molecular weight excluding hydrogens is 254 g/mol. The summed E-state index contributed by atoms with van der Waals surface area (Å²) in [4.78, 5) is 17.8. The third-order valence-corrected chi connectivity index (χ3v) is 2.20. The zero-order valence-corrected chi connectivity index (χ0v) is 10.8. The van der Waals surface area contributed by atoms with Crippen molar-refractivity contribution >= 4 is 11.5 Å². The highest BCUT2D eigenvalue weighted by molar-refractivity contribution is 5.60. The lowest BCUT2D eigenvalue weighted by Gasteiger charge is -2.09. The van der Waals surface area contributed by atoms with E-state index in [0.29, 0.717) is 19.6 Å². The summed E-state index contributed by atoms with van der Waals surface area (Å²) in [7, 11) is 1.31. The minimum atomic E-state index is -0.593. The van der Waals surface area contributed by atoms with Crippen LogP contribution in [0.1, 0.15) is 6.92 Å². The van der Waals surface area contributed by atoms with Crippen LogP contribution in [-0.4, -0.2) is 52.8 Å². The van der Waals surface area contributed by atoms with Gasteiger partial charge in [0.15, 0.2) is 0 Å². The Balaban J connectivity index is 2.60. The average molecular weight is 271 g/mol. The predicted molar refractivity (Wildman–Crippen MR) is 68.3 cm³/mol. The molecule has 19 heavy (non-hydrogen) atoms. The van der Waals surface area contributed by atoms with Gasteiger partial charge in [-0.05, 0) is 6.92 Å². The molecule has 9 nitrogen and oxygen atoms in total. The number of hydrogen-bond acceptors (Lipinski definition) is 8. The highest BCUT2D eigenvalue weighted by atomic mass is 16.6. The Bertz CT molecular complexity index is 426. The molecular formula is C10H17N5O4. The van der Waals surface area contributed by atoms with Gasteiger partial charge >= 0.3 is 5.69 Å². The molecule has 9 heteroatoms. The second kappa shape index (κ2) is 7.44. The van der Waals surface area contributed by atoms with Gasteiger partial charge in [0.05, 0.1) is 18.1 Å². The summed E-state index contributed by atoms with van der Waals surface area (Å²) >= 11 is 0. The Morgan fingerprint density at radius 2 is 2.26 bits per heavy atom. The Morgan fingerprint density at radius 3 is 2.84 bits per heavy atom. The summed E-state index contributed by atoms with van der Waals surface area (Å²) in [6.07, 6.45) is 0.755. The molecule has 1 heterocycles. The average Bonchev–Trinajstić information content (AvgIpc) is 2.37. The topological polar surface area (TPSA) is 122 Å². The van der Waals surface area contributed by atoms with Crippen LogP contribution in [-0.2, 0) is 0 Å². The smallest absolute Gasteiger partial charge is 0.372 e. The zero-order valence-electron chi connectivity index (χ0n) is 10.8. The molecule has 1 aromatic heterocycles. The van der Waals surface area contributed by atoms with Crippen molar-refractivity contribution in [3.8, 4) is 5.88 Å². The first-order valence-corrected chi connectivity index (χ1v) is 5.72. The fourth-order valence-corrected chi connectivity index (χ4v) is 1.39. The van der Waals surface area contributed by atoms with Crippen LogP contribution >= 0.6 is 0 Å². The molecule has 0 aliphatic rings. The molecule has 1 atom stereocenters. The Morgan fingerprint density at radius 1 is 1.53 bits per heavy atom. The lowest BCUT2D eigenvalue weighted by atomic mass is 10.4. The van der Waals surface area contributed by atoms with E-state index in [1.165, 1.54) is 13.4 Å². The summed E-state index contributed by atoms with van der Waals surface area (Å²) in [5.74, 6) is 0.0233. The minimum absolute atomic E-state index is 0.0839. The normalized spacial score (nSPS) is 11.9. The molecule has 1 rings (SSSR count). The van der Waals surface area contributed by atoms with Crippen molar-refractivity contribution in [2.24, 2.45) is 0 Å². The van der Waals surface area contributed by atoms with Crippen LogP contribution in [0.5, 0.6) is 5.88 Å². The van der Waals surface area contributed by atoms with Crippen molar-refractivity contribution < 1.29 is 14.8 Å². The molecule has 3 N–H and O–H groups in total. The van der Waals surface area contributed by atoms with Crippen LogP contribution < -0.4 is 15.4 Å². The Hall–Kier alpha value is -2.00. The Kier molecular flexibility index (Phi) is 5.90. The standard InChI is InChI=1S/C10H17N5O4/c1-7(16)5-11-3-4-12-9-8(15(17)18)10(19-2)14-6-13-9/h6-7,11,16H,3-5H2,1-2H3,(H,12,13,14). The van der Waals surface area contributed by atoms with E-state index < -0.39 is 11.0 Å². The van der Waals surface area contributed by atoms with E-state index >= 15 is 0 Å². The number of hydrogen-bond donors (Lipinski definition) is 3. The van der Waals surface area contributed by atoms with Crippen LogP contribution in [0.15, 0.2) is 6.33 Å². The van der Waals surface area contributed by atoms with Crippen LogP contribution in [0.25, 0.3) is 0 Å². The fourth-order valence-electron chi connectivity index (χ4n) is 1.39. The van der Waals surface area contributed by atoms with Crippen LogP contribution in [0.2, 0.25) is 0 Å². The molecule has 0 saturated carbocycles. The van der Waals surface area contributed by atoms with E-state index in [9.17, 15) is 10.1 Å². The summed E-state index contributed by atoms with van der Waals surface area (Å²) < 4.78 is 4.82. The molecule has 106 valence electrons. The third kappa shape index (κ3) is 4.64. The largest absolute Gasteiger partial charge is 0.476 e. The minimum Gasteiger partial charge on any atom is -0.476 e. The number of aromatic nitrogens is 2. The van der Waals surface area contributed by atoms with Gasteiger partial charge in [-0.3, -0.25) is 10.1 Å². The SMILES string of the molecule is COc1ncnc(NCCNCC(C)O)c1[N+](=O)[O-]. The first kappa shape index (κ1) is 15.1. The van der Waals surface area contributed by atoms with Crippen molar-refractivity contribution in [1.29, 1.82) is 0 Å². The van der Waals surface area contributed by atoms with E-state index in [0.717, 1.165) is 0 Å². The second-order valence-corrected chi connectivity index (χ2v) is 3.82. The summed E-state index contributed by atoms with van der Waals surface area (Å²) in [5.41, 5.74) is -0.291. The van der Waals surface area contributed by atoms with Crippen LogP contribution in [0.4, 0.5) is 11.5 Å². The number of anilines is 1. The monoisotopic (exact) mass is 271 g/mol. The number of nitrogens with zero attached hydrogens (tertiary/aromatic N) is 3. The number of methoxy groups -OCH3 is 1. The highest BCUT2D eigenvalue weighted by Gasteiger charge is 2.23. The zero-order chi connectivity index (χ0) is 14.3. The molecule has 0 aliphatic heterocycles. The van der Waals surface area contributed by atoms with E-state index in [4.69, 9.17) is 9.84 Å². The number of rotatable bonds is 8. The first-order valence-electron chi connectivity index (χ1n) is 5.72. The molecule has 0 amide bonds. The van der Waals surface area contributed by atoms with Gasteiger partial charge in [0.2, 0.25) is 5.82 Å². The summed E-state index contributed by atoms with van der Waals surface area (Å²) in [6.45, 7) is 3.08. The van der Waals surface area contributed by atoms with Gasteiger partial charge in [0.1, 0.15) is 6.33 Å². The van der Waals surface area contributed by atoms with Gasteiger partial charge in [-0.1, -0.05) is 0 Å². The second-order valence-electron chi connectivity index (χ2n) is 3.82. The van der Waals surface area contributed by atoms with Crippen molar-refractivity contribution in [2.45, 2.75) is 13.0 Å². The van der Waals surface area contributed by atoms with E-state index in [-0.39, 0.29) is 17.4 Å². The molecule has 0 fully saturated rings. The Labute approximate surface area is 110 Å². The van der Waals surface area contributed by atoms with Crippen LogP contribution in [0.3, 0.4) is 0 Å². The highest BCUT2D eigenvalue weighted by Crippen LogP contribution is 2.29. The maximum absolute atomic E-state index is 10.9. The third-order valence-electron chi connectivity index (χ3n) is 2.20. The quantitative estimate of drug-likeness (QED) is 0.337. The van der Waals surface area contributed by atoms with Crippen molar-refractivity contribution in [1.82, 2.24) is 15.3 Å². The molecule has 1 unspecified atom stereocenters. The van der Waals surface area contributed by atoms with Crippen molar-refractivity contribution in [3.63, 3.8) is 0 Å². The molecule has 0 radical (unpaired) electrons. The molecule has 0 aromatic carbocycles. The van der Waals surface area contributed by atoms with E-state index in [2.05, 4.69) is 20.6 Å². The molecule has 0 aliphatic carbocycles. The van der Waals surface area contributed by atoms with Gasteiger partial charge in [-0.2, -0.15) is 4.98 Å². The number of ether oxygens (including phenoxy) is 1. The maximum Gasteiger partial charge on any atom is 0.372 e. The van der Waals surface area contributed by atoms with Gasteiger partial charge in [-0.15, -0.1) is 0 Å². The molecule has 0 saturated heterocycles. The molecule has 1 aromatic rings. The lowest BCUT2D eigenvalue weighted by molar-refractivity contribution is -0.385. The summed E-state index contributed by atoms with van der Waals surface area (Å²) in [6, 6.07) is 0. The van der Waals surface area contributed by atoms with Crippen molar-refractivity contribution in [2.75, 3.05) is 32.1 Å². The maximum atomic E-state index is 10.9. The predicted octanol–water partition coefficient (Wildman–Crippen LogP) is -0.224. The van der Waals surface area contributed by atoms with E-state index in [1.54, 1.807) is 6.92 Å². The van der Waals surface area contributed by atoms with Crippen LogP contribution in [0, 0.1) is 10.1 Å². The fraction of sp³-hybridized carbons (Fsp3) is 0.600. The molecule has 0 spiro atoms. The molecule has 0 bridgehead atoms. The number of aliphatic hydroxyl groups excluding tert-OH is 1.